The maximum atomic E-state index is 14.8. The van der Waals surface area contributed by atoms with Crippen molar-refractivity contribution in [3.8, 4) is 0 Å². The van der Waals surface area contributed by atoms with Gasteiger partial charge in [0.1, 0.15) is 10.6 Å². The van der Waals surface area contributed by atoms with Gasteiger partial charge in [-0.05, 0) is 92.3 Å². The van der Waals surface area contributed by atoms with Crippen LogP contribution in [0.2, 0.25) is 0 Å². The lowest BCUT2D eigenvalue weighted by atomic mass is 9.71. The third-order valence-electron chi connectivity index (χ3n) is 7.90. The van der Waals surface area contributed by atoms with Crippen molar-refractivity contribution in [2.24, 2.45) is 28.3 Å². The number of rotatable bonds is 5. The molecule has 2 aromatic rings. The van der Waals surface area contributed by atoms with Crippen LogP contribution in [-0.4, -0.2) is 26.6 Å². The summed E-state index contributed by atoms with van der Waals surface area (Å²) < 4.78 is 95.5. The molecule has 2 aliphatic rings. The zero-order valence-corrected chi connectivity index (χ0v) is 20.6. The van der Waals surface area contributed by atoms with Gasteiger partial charge in [-0.1, -0.05) is 18.2 Å². The van der Waals surface area contributed by atoms with Gasteiger partial charge in [0.05, 0.1) is 10.9 Å². The number of guanidine groups is 1. The van der Waals surface area contributed by atoms with Crippen LogP contribution >= 0.6 is 0 Å². The summed E-state index contributed by atoms with van der Waals surface area (Å²) in [6, 6.07) is 7.55. The molecule has 0 amide bonds. The maximum absolute atomic E-state index is 14.8. The highest BCUT2D eigenvalue weighted by molar-refractivity contribution is 7.92. The molecular formula is C25H28F5N3O2S. The van der Waals surface area contributed by atoms with E-state index in [4.69, 9.17) is 11.5 Å². The first-order chi connectivity index (χ1) is 16.6. The number of nitrogens with zero attached hydrogens (tertiary/aromatic N) is 1. The van der Waals surface area contributed by atoms with Crippen molar-refractivity contribution in [1.82, 2.24) is 0 Å². The third kappa shape index (κ3) is 3.95. The molecule has 2 aliphatic carbocycles. The van der Waals surface area contributed by atoms with Crippen LogP contribution in [0.3, 0.4) is 0 Å². The molecule has 0 spiro atoms. The van der Waals surface area contributed by atoms with E-state index in [1.54, 1.807) is 6.92 Å². The van der Waals surface area contributed by atoms with Gasteiger partial charge in [0.15, 0.2) is 15.8 Å². The molecule has 196 valence electrons. The molecule has 0 radical (unpaired) electrons. The predicted octanol–water partition coefficient (Wildman–Crippen LogP) is 4.88. The SMILES string of the molecule is CC(N=C(N)N)[C@@H]1CC[C@@]2(S(=O)(=O)c3ccc(F)cc3)c3ccc(C(C)(F)C(F)(F)F)cc3CC[C@@H]12. The zero-order valence-electron chi connectivity index (χ0n) is 19.8. The minimum atomic E-state index is -5.13. The van der Waals surface area contributed by atoms with Crippen LogP contribution in [0, 0.1) is 17.7 Å². The molecule has 0 saturated heterocycles. The summed E-state index contributed by atoms with van der Waals surface area (Å²) in [4.78, 5) is 4.14. The summed E-state index contributed by atoms with van der Waals surface area (Å²) in [6.45, 7) is 2.25. The number of sulfone groups is 1. The second kappa shape index (κ2) is 8.71. The number of hydrogen-bond donors (Lipinski definition) is 2. The Morgan fingerprint density at radius 3 is 2.31 bits per heavy atom. The molecule has 1 saturated carbocycles. The van der Waals surface area contributed by atoms with Gasteiger partial charge in [0.2, 0.25) is 5.67 Å². The molecule has 4 N–H and O–H groups in total. The Morgan fingerprint density at radius 1 is 1.08 bits per heavy atom. The van der Waals surface area contributed by atoms with Gasteiger partial charge in [-0.3, -0.25) is 4.99 Å². The molecule has 0 heterocycles. The number of hydrogen-bond acceptors (Lipinski definition) is 3. The Hall–Kier alpha value is -2.69. The van der Waals surface area contributed by atoms with E-state index in [2.05, 4.69) is 4.99 Å². The highest BCUT2D eigenvalue weighted by atomic mass is 32.2. The van der Waals surface area contributed by atoms with Gasteiger partial charge in [0.25, 0.3) is 0 Å². The van der Waals surface area contributed by atoms with Gasteiger partial charge in [-0.25, -0.2) is 17.2 Å². The van der Waals surface area contributed by atoms with Crippen molar-refractivity contribution < 1.29 is 30.4 Å². The number of aryl methyl sites for hydroxylation is 1. The van der Waals surface area contributed by atoms with Gasteiger partial charge in [-0.15, -0.1) is 0 Å². The Balaban J connectivity index is 1.92. The van der Waals surface area contributed by atoms with Gasteiger partial charge >= 0.3 is 6.18 Å². The lowest BCUT2D eigenvalue weighted by Gasteiger charge is -2.43. The van der Waals surface area contributed by atoms with Crippen molar-refractivity contribution >= 4 is 15.8 Å². The molecule has 2 unspecified atom stereocenters. The predicted molar refractivity (Wildman–Crippen MR) is 126 cm³/mol. The average Bonchev–Trinajstić information content (AvgIpc) is 3.19. The monoisotopic (exact) mass is 529 g/mol. The lowest BCUT2D eigenvalue weighted by Crippen LogP contribution is -2.46. The number of halogens is 5. The van der Waals surface area contributed by atoms with Crippen LogP contribution in [0.4, 0.5) is 22.0 Å². The fraction of sp³-hybridized carbons (Fsp3) is 0.480. The first-order valence-electron chi connectivity index (χ1n) is 11.6. The van der Waals surface area contributed by atoms with Crippen LogP contribution in [0.1, 0.15) is 49.8 Å². The van der Waals surface area contributed by atoms with Crippen LogP contribution in [-0.2, 0) is 26.7 Å². The van der Waals surface area contributed by atoms with Crippen LogP contribution in [0.5, 0.6) is 0 Å². The van der Waals surface area contributed by atoms with Crippen molar-refractivity contribution in [1.29, 1.82) is 0 Å². The molecule has 4 rings (SSSR count). The fourth-order valence-electron chi connectivity index (χ4n) is 6.09. The molecule has 0 bridgehead atoms. The average molecular weight is 530 g/mol. The van der Waals surface area contributed by atoms with E-state index < -0.39 is 49.8 Å². The van der Waals surface area contributed by atoms with E-state index in [9.17, 15) is 30.4 Å². The van der Waals surface area contributed by atoms with E-state index in [-0.39, 0.29) is 29.6 Å². The fourth-order valence-corrected chi connectivity index (χ4v) is 8.57. The number of fused-ring (bicyclic) bond motifs is 3. The molecule has 1 fully saturated rings. The maximum Gasteiger partial charge on any atom is 0.426 e. The van der Waals surface area contributed by atoms with Crippen molar-refractivity contribution in [3.63, 3.8) is 0 Å². The Morgan fingerprint density at radius 2 is 1.72 bits per heavy atom. The van der Waals surface area contributed by atoms with Crippen LogP contribution in [0.25, 0.3) is 0 Å². The van der Waals surface area contributed by atoms with Crippen LogP contribution in [0.15, 0.2) is 52.4 Å². The molecular weight excluding hydrogens is 501 g/mol. The van der Waals surface area contributed by atoms with Gasteiger partial charge in [0, 0.05) is 0 Å². The molecule has 0 aromatic heterocycles. The third-order valence-corrected chi connectivity index (χ3v) is 10.5. The van der Waals surface area contributed by atoms with Crippen molar-refractivity contribution in [2.45, 2.75) is 67.1 Å². The van der Waals surface area contributed by atoms with E-state index in [1.165, 1.54) is 18.2 Å². The minimum Gasteiger partial charge on any atom is -0.370 e. The number of benzene rings is 2. The summed E-state index contributed by atoms with van der Waals surface area (Å²) in [5, 5.41) is 0. The van der Waals surface area contributed by atoms with E-state index in [0.717, 1.165) is 24.3 Å². The number of nitrogens with two attached hydrogens (primary N) is 2. The zero-order chi connectivity index (χ0) is 26.7. The normalized spacial score (nSPS) is 26.4. The van der Waals surface area contributed by atoms with Crippen molar-refractivity contribution in [3.05, 3.63) is 65.0 Å². The highest BCUT2D eigenvalue weighted by Crippen LogP contribution is 2.60. The summed E-state index contributed by atoms with van der Waals surface area (Å²) in [5.74, 6) is -1.41. The van der Waals surface area contributed by atoms with E-state index >= 15 is 0 Å². The van der Waals surface area contributed by atoms with E-state index in [0.29, 0.717) is 30.9 Å². The Bertz CT molecular complexity index is 1290. The van der Waals surface area contributed by atoms with Gasteiger partial charge < -0.3 is 11.5 Å². The Labute approximate surface area is 206 Å². The van der Waals surface area contributed by atoms with E-state index in [1.807, 2.05) is 0 Å². The van der Waals surface area contributed by atoms with Crippen molar-refractivity contribution in [2.75, 3.05) is 0 Å². The minimum absolute atomic E-state index is 0.0911. The molecule has 36 heavy (non-hydrogen) atoms. The standard InChI is InChI=1S/C25H28F5N3O2S/c1-14(33-22(31)32)19-11-12-24(36(34,35)18-7-5-17(26)6-8-18)20-10-4-16(23(2,27)25(28,29)30)13-15(20)3-9-21(19)24/h4-8,10,13-14,19,21H,3,9,11-12H2,1-2H3,(H4,31,32,33)/t14?,19-,21-,23?,24+/m0/s1. The molecule has 11 heteroatoms. The molecule has 5 atom stereocenters. The summed E-state index contributed by atoms with van der Waals surface area (Å²) in [6.07, 6.45) is -3.91. The second-order valence-electron chi connectivity index (χ2n) is 9.86. The first kappa shape index (κ1) is 26.4. The highest BCUT2D eigenvalue weighted by Gasteiger charge is 2.61. The molecule has 5 nitrogen and oxygen atoms in total. The largest absolute Gasteiger partial charge is 0.426 e. The summed E-state index contributed by atoms with van der Waals surface area (Å²) >= 11 is 0. The smallest absolute Gasteiger partial charge is 0.370 e. The van der Waals surface area contributed by atoms with Crippen LogP contribution < -0.4 is 11.5 Å². The second-order valence-corrected chi connectivity index (χ2v) is 12.1. The molecule has 2 aromatic carbocycles. The summed E-state index contributed by atoms with van der Waals surface area (Å²) in [5.41, 5.74) is 7.67. The lowest BCUT2D eigenvalue weighted by molar-refractivity contribution is -0.228. The topological polar surface area (TPSA) is 98.5 Å². The summed E-state index contributed by atoms with van der Waals surface area (Å²) in [7, 11) is -4.16. The van der Waals surface area contributed by atoms with Gasteiger partial charge in [-0.2, -0.15) is 13.2 Å². The number of aliphatic imine (C=N–C) groups is 1. The first-order valence-corrected chi connectivity index (χ1v) is 13.1. The number of alkyl halides is 4. The molecule has 0 aliphatic heterocycles. The quantitative estimate of drug-likeness (QED) is 0.250. The Kier molecular flexibility index (Phi) is 6.38.